The Labute approximate surface area is 131 Å². The minimum absolute atomic E-state index is 0.769. The van der Waals surface area contributed by atoms with Crippen molar-refractivity contribution in [1.29, 1.82) is 0 Å². The fourth-order valence-corrected chi connectivity index (χ4v) is 4.72. The van der Waals surface area contributed by atoms with Crippen LogP contribution in [0.5, 0.6) is 0 Å². The number of benzene rings is 1. The zero-order valence-corrected chi connectivity index (χ0v) is 13.7. The number of unbranched alkanes of at least 4 members (excludes halogenated alkanes) is 1. The van der Waals surface area contributed by atoms with Crippen molar-refractivity contribution in [1.82, 2.24) is 0 Å². The molecule has 0 saturated carbocycles. The van der Waals surface area contributed by atoms with Crippen LogP contribution in [0.1, 0.15) is 24.0 Å². The molecule has 1 saturated heterocycles. The Balaban J connectivity index is 1.51. The summed E-state index contributed by atoms with van der Waals surface area (Å²) in [6.07, 6.45) is 5.41. The van der Waals surface area contributed by atoms with Gasteiger partial charge in [0.15, 0.2) is 0 Å². The molecular weight excluding hydrogens is 284 g/mol. The number of hydrogen-bond acceptors (Lipinski definition) is 3. The molecular formula is C17H24OS2. The van der Waals surface area contributed by atoms with Crippen molar-refractivity contribution in [2.75, 3.05) is 29.8 Å². The van der Waals surface area contributed by atoms with Gasteiger partial charge in [-0.3, -0.25) is 0 Å². The maximum Gasteiger partial charge on any atom is 0.0510 e. The molecule has 0 atom stereocenters. The van der Waals surface area contributed by atoms with E-state index >= 15 is 0 Å². The van der Waals surface area contributed by atoms with Crippen LogP contribution >= 0.6 is 23.5 Å². The van der Waals surface area contributed by atoms with E-state index in [0.717, 1.165) is 32.0 Å². The number of thioether (sulfide) groups is 2. The largest absolute Gasteiger partial charge is 0.381 e. The third kappa shape index (κ3) is 5.94. The van der Waals surface area contributed by atoms with E-state index in [-0.39, 0.29) is 0 Å². The summed E-state index contributed by atoms with van der Waals surface area (Å²) in [5, 5.41) is 1.27. The van der Waals surface area contributed by atoms with Crippen LogP contribution in [0, 0.1) is 5.92 Å². The lowest BCUT2D eigenvalue weighted by Crippen LogP contribution is -2.18. The highest BCUT2D eigenvalue weighted by atomic mass is 32.2. The Bertz CT molecular complexity index is 382. The van der Waals surface area contributed by atoms with Gasteiger partial charge in [0.25, 0.3) is 0 Å². The lowest BCUT2D eigenvalue weighted by Gasteiger charge is -2.20. The second-order valence-electron chi connectivity index (χ2n) is 5.20. The van der Waals surface area contributed by atoms with Crippen LogP contribution in [0.2, 0.25) is 0 Å². The van der Waals surface area contributed by atoms with Crippen molar-refractivity contribution in [2.45, 2.75) is 19.3 Å². The average Bonchev–Trinajstić information content (AvgIpc) is 2.52. The third-order valence-electron chi connectivity index (χ3n) is 3.45. The van der Waals surface area contributed by atoms with Gasteiger partial charge >= 0.3 is 0 Å². The molecule has 3 heteroatoms. The van der Waals surface area contributed by atoms with Gasteiger partial charge < -0.3 is 4.74 Å². The molecule has 110 valence electrons. The summed E-state index contributed by atoms with van der Waals surface area (Å²) >= 11 is 4.09. The molecule has 0 radical (unpaired) electrons. The van der Waals surface area contributed by atoms with Gasteiger partial charge in [0, 0.05) is 17.6 Å². The molecule has 0 aromatic heterocycles. The molecule has 0 N–H and O–H groups in total. The SMILES string of the molecule is C=Cc1ccc(CCCCOCC2CSCSC2)cc1. The summed E-state index contributed by atoms with van der Waals surface area (Å²) in [4.78, 5) is 0. The van der Waals surface area contributed by atoms with Crippen molar-refractivity contribution in [2.24, 2.45) is 5.92 Å². The van der Waals surface area contributed by atoms with Gasteiger partial charge in [0.05, 0.1) is 6.61 Å². The summed E-state index contributed by atoms with van der Waals surface area (Å²) < 4.78 is 5.81. The predicted octanol–water partition coefficient (Wildman–Crippen LogP) is 4.72. The van der Waals surface area contributed by atoms with Gasteiger partial charge in [-0.2, -0.15) is 23.5 Å². The average molecular weight is 309 g/mol. The molecule has 1 aromatic carbocycles. The van der Waals surface area contributed by atoms with E-state index in [0.29, 0.717) is 0 Å². The lowest BCUT2D eigenvalue weighted by molar-refractivity contribution is 0.109. The van der Waals surface area contributed by atoms with Crippen LogP contribution in [0.15, 0.2) is 30.8 Å². The fraction of sp³-hybridized carbons (Fsp3) is 0.529. The second-order valence-corrected chi connectivity index (χ2v) is 7.63. The van der Waals surface area contributed by atoms with Crippen LogP contribution in [0.4, 0.5) is 0 Å². The van der Waals surface area contributed by atoms with E-state index < -0.39 is 0 Å². The van der Waals surface area contributed by atoms with Gasteiger partial charge in [-0.15, -0.1) is 0 Å². The normalized spacial score (nSPS) is 16.2. The first kappa shape index (κ1) is 16.0. The van der Waals surface area contributed by atoms with Gasteiger partial charge in [-0.05, 0) is 41.9 Å². The zero-order chi connectivity index (χ0) is 14.0. The first-order valence-corrected chi connectivity index (χ1v) is 9.64. The van der Waals surface area contributed by atoms with Crippen molar-refractivity contribution >= 4 is 29.6 Å². The molecule has 0 amide bonds. The summed E-state index contributed by atoms with van der Waals surface area (Å²) in [6.45, 7) is 5.64. The van der Waals surface area contributed by atoms with Crippen molar-refractivity contribution in [3.63, 3.8) is 0 Å². The second kappa shape index (κ2) is 9.54. The molecule has 1 aromatic rings. The highest BCUT2D eigenvalue weighted by molar-refractivity contribution is 8.16. The Morgan fingerprint density at radius 1 is 1.15 bits per heavy atom. The molecule has 1 fully saturated rings. The third-order valence-corrected chi connectivity index (χ3v) is 6.19. The number of aryl methyl sites for hydroxylation is 1. The first-order valence-electron chi connectivity index (χ1n) is 7.33. The maximum absolute atomic E-state index is 5.81. The minimum Gasteiger partial charge on any atom is -0.381 e. The highest BCUT2D eigenvalue weighted by Crippen LogP contribution is 2.25. The van der Waals surface area contributed by atoms with Gasteiger partial charge in [0.2, 0.25) is 0 Å². The Morgan fingerprint density at radius 2 is 1.90 bits per heavy atom. The van der Waals surface area contributed by atoms with E-state index in [1.807, 2.05) is 29.6 Å². The van der Waals surface area contributed by atoms with Crippen LogP contribution < -0.4 is 0 Å². The van der Waals surface area contributed by atoms with Crippen molar-refractivity contribution < 1.29 is 4.74 Å². The fourth-order valence-electron chi connectivity index (χ4n) is 2.24. The van der Waals surface area contributed by atoms with Gasteiger partial charge in [-0.1, -0.05) is 36.9 Å². The molecule has 1 aliphatic heterocycles. The number of hydrogen-bond donors (Lipinski definition) is 0. The monoisotopic (exact) mass is 308 g/mol. The smallest absolute Gasteiger partial charge is 0.0510 e. The Kier molecular flexibility index (Phi) is 7.63. The van der Waals surface area contributed by atoms with Crippen LogP contribution in [0.25, 0.3) is 6.08 Å². The molecule has 0 aliphatic carbocycles. The zero-order valence-electron chi connectivity index (χ0n) is 12.1. The van der Waals surface area contributed by atoms with E-state index in [4.69, 9.17) is 4.74 Å². The molecule has 1 aliphatic rings. The van der Waals surface area contributed by atoms with E-state index in [1.165, 1.54) is 34.1 Å². The summed E-state index contributed by atoms with van der Waals surface area (Å²) in [5.41, 5.74) is 2.61. The summed E-state index contributed by atoms with van der Waals surface area (Å²) in [6, 6.07) is 8.68. The van der Waals surface area contributed by atoms with Gasteiger partial charge in [0.1, 0.15) is 0 Å². The maximum atomic E-state index is 5.81. The number of ether oxygens (including phenoxy) is 1. The molecule has 0 unspecified atom stereocenters. The Hall–Kier alpha value is -0.380. The van der Waals surface area contributed by atoms with E-state index in [2.05, 4.69) is 30.8 Å². The van der Waals surface area contributed by atoms with Crippen LogP contribution in [0.3, 0.4) is 0 Å². The van der Waals surface area contributed by atoms with E-state index in [1.54, 1.807) is 0 Å². The summed E-state index contributed by atoms with van der Waals surface area (Å²) in [5.74, 6) is 3.33. The van der Waals surface area contributed by atoms with Crippen LogP contribution in [-0.2, 0) is 11.2 Å². The molecule has 1 nitrogen and oxygen atoms in total. The first-order chi connectivity index (χ1) is 9.88. The summed E-state index contributed by atoms with van der Waals surface area (Å²) in [7, 11) is 0. The van der Waals surface area contributed by atoms with Gasteiger partial charge in [-0.25, -0.2) is 0 Å². The molecule has 1 heterocycles. The molecule has 0 spiro atoms. The standard InChI is InChI=1S/C17H24OS2/c1-2-15-6-8-16(9-7-15)5-3-4-10-18-11-17-12-19-14-20-13-17/h2,6-9,17H,1,3-5,10-14H2. The lowest BCUT2D eigenvalue weighted by atomic mass is 10.1. The Morgan fingerprint density at radius 3 is 2.60 bits per heavy atom. The predicted molar refractivity (Wildman–Crippen MR) is 93.6 cm³/mol. The van der Waals surface area contributed by atoms with E-state index in [9.17, 15) is 0 Å². The van der Waals surface area contributed by atoms with Crippen molar-refractivity contribution in [3.8, 4) is 0 Å². The minimum atomic E-state index is 0.769. The highest BCUT2D eigenvalue weighted by Gasteiger charge is 2.13. The van der Waals surface area contributed by atoms with Crippen LogP contribution in [-0.4, -0.2) is 29.8 Å². The topological polar surface area (TPSA) is 9.23 Å². The molecule has 0 bridgehead atoms. The van der Waals surface area contributed by atoms with Crippen molar-refractivity contribution in [3.05, 3.63) is 42.0 Å². The molecule has 20 heavy (non-hydrogen) atoms. The molecule has 2 rings (SSSR count). The quantitative estimate of drug-likeness (QED) is 0.643. The number of rotatable bonds is 8.